The fourth-order valence-corrected chi connectivity index (χ4v) is 3.00. The number of rotatable bonds is 3. The minimum atomic E-state index is 0.0146. The van der Waals surface area contributed by atoms with E-state index in [1.165, 1.54) is 0 Å². The predicted octanol–water partition coefficient (Wildman–Crippen LogP) is 0.399. The van der Waals surface area contributed by atoms with Gasteiger partial charge in [-0.15, -0.1) is 0 Å². The molecule has 0 N–H and O–H groups in total. The predicted molar refractivity (Wildman–Crippen MR) is 87.8 cm³/mol. The van der Waals surface area contributed by atoms with Crippen molar-refractivity contribution in [2.45, 2.75) is 13.8 Å². The standard InChI is InChI=1S/C16H25N5O2/c1-3-19-4-6-20(7-5-19)15(22)14-12-13(2)17-16(18-14)21-8-10-23-11-9-21/h12H,3-11H2,1-2H3. The van der Waals surface area contributed by atoms with Gasteiger partial charge in [-0.3, -0.25) is 4.79 Å². The van der Waals surface area contributed by atoms with E-state index in [4.69, 9.17) is 4.74 Å². The molecule has 3 heterocycles. The third-order valence-corrected chi connectivity index (χ3v) is 4.46. The van der Waals surface area contributed by atoms with E-state index in [1.807, 2.05) is 11.8 Å². The van der Waals surface area contributed by atoms with Crippen molar-refractivity contribution in [2.24, 2.45) is 0 Å². The summed E-state index contributed by atoms with van der Waals surface area (Å²) in [6.45, 7) is 11.4. The summed E-state index contributed by atoms with van der Waals surface area (Å²) in [5.41, 5.74) is 1.33. The second-order valence-electron chi connectivity index (χ2n) is 6.02. The number of morpholine rings is 1. The van der Waals surface area contributed by atoms with Crippen LogP contribution in [0, 0.1) is 6.92 Å². The van der Waals surface area contributed by atoms with Crippen LogP contribution in [0.3, 0.4) is 0 Å². The zero-order valence-electron chi connectivity index (χ0n) is 14.0. The highest BCUT2D eigenvalue weighted by Crippen LogP contribution is 2.14. The third-order valence-electron chi connectivity index (χ3n) is 4.46. The van der Waals surface area contributed by atoms with Gasteiger partial charge >= 0.3 is 0 Å². The largest absolute Gasteiger partial charge is 0.378 e. The number of anilines is 1. The molecule has 7 nitrogen and oxygen atoms in total. The van der Waals surface area contributed by atoms with Crippen molar-refractivity contribution in [3.05, 3.63) is 17.5 Å². The van der Waals surface area contributed by atoms with E-state index in [2.05, 4.69) is 26.7 Å². The average molecular weight is 319 g/mol. The van der Waals surface area contributed by atoms with Crippen LogP contribution in [0.25, 0.3) is 0 Å². The number of hydrogen-bond donors (Lipinski definition) is 0. The molecule has 0 aromatic carbocycles. The van der Waals surface area contributed by atoms with E-state index >= 15 is 0 Å². The van der Waals surface area contributed by atoms with Crippen LogP contribution in [0.4, 0.5) is 5.95 Å². The number of likely N-dealkylation sites (N-methyl/N-ethyl adjacent to an activating group) is 1. The Hall–Kier alpha value is -1.73. The fraction of sp³-hybridized carbons (Fsp3) is 0.688. The molecule has 0 bridgehead atoms. The van der Waals surface area contributed by atoms with Gasteiger partial charge in [0.15, 0.2) is 0 Å². The van der Waals surface area contributed by atoms with Crippen LogP contribution < -0.4 is 4.90 Å². The normalized spacial score (nSPS) is 19.9. The van der Waals surface area contributed by atoms with E-state index < -0.39 is 0 Å². The first-order valence-corrected chi connectivity index (χ1v) is 8.37. The van der Waals surface area contributed by atoms with Crippen LogP contribution in [-0.2, 0) is 4.74 Å². The molecule has 2 aliphatic heterocycles. The van der Waals surface area contributed by atoms with Crippen molar-refractivity contribution in [3.63, 3.8) is 0 Å². The molecule has 2 saturated heterocycles. The average Bonchev–Trinajstić information content (AvgIpc) is 2.61. The Kier molecular flexibility index (Phi) is 5.07. The van der Waals surface area contributed by atoms with Gasteiger partial charge in [0.1, 0.15) is 5.69 Å². The molecule has 1 aromatic heterocycles. The first-order valence-electron chi connectivity index (χ1n) is 8.37. The number of aryl methyl sites for hydroxylation is 1. The van der Waals surface area contributed by atoms with Crippen molar-refractivity contribution in [3.8, 4) is 0 Å². The maximum atomic E-state index is 12.8. The second kappa shape index (κ2) is 7.23. The molecule has 23 heavy (non-hydrogen) atoms. The maximum absolute atomic E-state index is 12.8. The topological polar surface area (TPSA) is 61.8 Å². The number of aromatic nitrogens is 2. The number of carbonyl (C=O) groups is 1. The van der Waals surface area contributed by atoms with Crippen molar-refractivity contribution in [1.82, 2.24) is 19.8 Å². The first kappa shape index (κ1) is 16.1. The summed E-state index contributed by atoms with van der Waals surface area (Å²) in [4.78, 5) is 28.1. The lowest BCUT2D eigenvalue weighted by Gasteiger charge is -2.34. The molecule has 126 valence electrons. The molecular weight excluding hydrogens is 294 g/mol. The van der Waals surface area contributed by atoms with Gasteiger partial charge in [-0.1, -0.05) is 6.92 Å². The third kappa shape index (κ3) is 3.79. The molecule has 0 aliphatic carbocycles. The summed E-state index contributed by atoms with van der Waals surface area (Å²) in [6, 6.07) is 1.79. The molecule has 1 amide bonds. The van der Waals surface area contributed by atoms with Gasteiger partial charge in [-0.25, -0.2) is 9.97 Å². The number of piperazine rings is 1. The Labute approximate surface area is 137 Å². The molecule has 3 rings (SSSR count). The summed E-state index contributed by atoms with van der Waals surface area (Å²) < 4.78 is 5.37. The summed E-state index contributed by atoms with van der Waals surface area (Å²) in [5.74, 6) is 0.657. The number of carbonyl (C=O) groups excluding carboxylic acids is 1. The van der Waals surface area contributed by atoms with Crippen LogP contribution in [-0.4, -0.2) is 84.7 Å². The zero-order chi connectivity index (χ0) is 16.2. The second-order valence-corrected chi connectivity index (χ2v) is 6.02. The number of amides is 1. The fourth-order valence-electron chi connectivity index (χ4n) is 3.00. The van der Waals surface area contributed by atoms with Gasteiger partial charge < -0.3 is 19.4 Å². The van der Waals surface area contributed by atoms with E-state index in [9.17, 15) is 4.79 Å². The summed E-state index contributed by atoms with van der Waals surface area (Å²) in [7, 11) is 0. The van der Waals surface area contributed by atoms with Gasteiger partial charge in [0.25, 0.3) is 5.91 Å². The summed E-state index contributed by atoms with van der Waals surface area (Å²) >= 11 is 0. The van der Waals surface area contributed by atoms with Crippen molar-refractivity contribution in [1.29, 1.82) is 0 Å². The number of ether oxygens (including phenoxy) is 1. The van der Waals surface area contributed by atoms with Crippen LogP contribution in [0.2, 0.25) is 0 Å². The zero-order valence-corrected chi connectivity index (χ0v) is 14.0. The highest BCUT2D eigenvalue weighted by Gasteiger charge is 2.24. The molecule has 2 fully saturated rings. The van der Waals surface area contributed by atoms with E-state index in [0.29, 0.717) is 24.9 Å². The van der Waals surface area contributed by atoms with Crippen molar-refractivity contribution >= 4 is 11.9 Å². The lowest BCUT2D eigenvalue weighted by Crippen LogP contribution is -2.48. The van der Waals surface area contributed by atoms with Gasteiger partial charge in [-0.05, 0) is 19.5 Å². The van der Waals surface area contributed by atoms with E-state index in [-0.39, 0.29) is 5.91 Å². The lowest BCUT2D eigenvalue weighted by atomic mass is 10.2. The van der Waals surface area contributed by atoms with E-state index in [1.54, 1.807) is 6.07 Å². The summed E-state index contributed by atoms with van der Waals surface area (Å²) in [6.07, 6.45) is 0. The highest BCUT2D eigenvalue weighted by atomic mass is 16.5. The molecular formula is C16H25N5O2. The minimum absolute atomic E-state index is 0.0146. The van der Waals surface area contributed by atoms with Crippen LogP contribution in [0.15, 0.2) is 6.07 Å². The Bertz CT molecular complexity index is 551. The van der Waals surface area contributed by atoms with Crippen LogP contribution >= 0.6 is 0 Å². The Morgan fingerprint density at radius 1 is 1.13 bits per heavy atom. The number of nitrogens with zero attached hydrogens (tertiary/aromatic N) is 5. The smallest absolute Gasteiger partial charge is 0.272 e. The van der Waals surface area contributed by atoms with Crippen LogP contribution in [0.1, 0.15) is 23.1 Å². The monoisotopic (exact) mass is 319 g/mol. The quantitative estimate of drug-likeness (QED) is 0.804. The van der Waals surface area contributed by atoms with Crippen LogP contribution in [0.5, 0.6) is 0 Å². The molecule has 0 saturated carbocycles. The van der Waals surface area contributed by atoms with E-state index in [0.717, 1.165) is 51.5 Å². The Morgan fingerprint density at radius 2 is 1.83 bits per heavy atom. The molecule has 1 aromatic rings. The van der Waals surface area contributed by atoms with Gasteiger partial charge in [0, 0.05) is 45.0 Å². The molecule has 7 heteroatoms. The molecule has 0 unspecified atom stereocenters. The molecule has 0 radical (unpaired) electrons. The van der Waals surface area contributed by atoms with Gasteiger partial charge in [0.05, 0.1) is 13.2 Å². The summed E-state index contributed by atoms with van der Waals surface area (Å²) in [5, 5.41) is 0. The van der Waals surface area contributed by atoms with Gasteiger partial charge in [0.2, 0.25) is 5.95 Å². The maximum Gasteiger partial charge on any atom is 0.272 e. The Balaban J connectivity index is 1.74. The Morgan fingerprint density at radius 3 is 2.48 bits per heavy atom. The minimum Gasteiger partial charge on any atom is -0.378 e. The SMILES string of the molecule is CCN1CCN(C(=O)c2cc(C)nc(N3CCOCC3)n2)CC1. The molecule has 2 aliphatic rings. The van der Waals surface area contributed by atoms with Crippen molar-refractivity contribution < 1.29 is 9.53 Å². The molecule has 0 spiro atoms. The molecule has 0 atom stereocenters. The lowest BCUT2D eigenvalue weighted by molar-refractivity contribution is 0.0637. The van der Waals surface area contributed by atoms with Crippen molar-refractivity contribution in [2.75, 3.05) is 63.9 Å². The van der Waals surface area contributed by atoms with Gasteiger partial charge in [-0.2, -0.15) is 0 Å². The first-order chi connectivity index (χ1) is 11.2. The highest BCUT2D eigenvalue weighted by molar-refractivity contribution is 5.92. The number of hydrogen-bond acceptors (Lipinski definition) is 6.